The summed E-state index contributed by atoms with van der Waals surface area (Å²) in [7, 11) is 0. The molecule has 0 aliphatic carbocycles. The van der Waals surface area contributed by atoms with Crippen LogP contribution in [-0.2, 0) is 28.6 Å². The van der Waals surface area contributed by atoms with Gasteiger partial charge in [-0.25, -0.2) is 0 Å². The van der Waals surface area contributed by atoms with Gasteiger partial charge in [0.15, 0.2) is 6.10 Å². The normalized spacial score (nSPS) is 12.2. The van der Waals surface area contributed by atoms with Gasteiger partial charge in [0.25, 0.3) is 0 Å². The fourth-order valence-electron chi connectivity index (χ4n) is 9.28. The molecule has 0 aromatic heterocycles. The average molecular weight is 984 g/mol. The maximum atomic E-state index is 12.8. The number of hydrogen-bond donors (Lipinski definition) is 0. The Hall–Kier alpha value is -2.37. The number of hydrogen-bond acceptors (Lipinski definition) is 6. The first-order valence-electron chi connectivity index (χ1n) is 31.0. The molecule has 0 radical (unpaired) electrons. The molecule has 6 nitrogen and oxygen atoms in total. The number of carbonyl (C=O) groups is 3. The largest absolute Gasteiger partial charge is 0.462 e. The number of rotatable bonds is 57. The molecule has 0 aromatic carbocycles. The van der Waals surface area contributed by atoms with E-state index in [2.05, 4.69) is 57.2 Å². The van der Waals surface area contributed by atoms with Crippen LogP contribution in [0, 0.1) is 0 Å². The summed E-state index contributed by atoms with van der Waals surface area (Å²) in [6.45, 7) is 6.55. The zero-order chi connectivity index (χ0) is 50.7. The van der Waals surface area contributed by atoms with Crippen molar-refractivity contribution in [1.82, 2.24) is 0 Å². The van der Waals surface area contributed by atoms with E-state index in [4.69, 9.17) is 14.2 Å². The summed E-state index contributed by atoms with van der Waals surface area (Å²) >= 11 is 0. The van der Waals surface area contributed by atoms with E-state index < -0.39 is 6.10 Å². The fraction of sp³-hybridized carbons (Fsp3) is 0.859. The number of carbonyl (C=O) groups excluding carboxylic acids is 3. The third kappa shape index (κ3) is 56.5. The van der Waals surface area contributed by atoms with E-state index in [1.165, 1.54) is 212 Å². The van der Waals surface area contributed by atoms with Crippen molar-refractivity contribution >= 4 is 17.9 Å². The first kappa shape index (κ1) is 67.6. The molecule has 70 heavy (non-hydrogen) atoms. The number of allylic oxidation sites excluding steroid dienone is 6. The van der Waals surface area contributed by atoms with Gasteiger partial charge in [0.1, 0.15) is 13.2 Å². The van der Waals surface area contributed by atoms with Crippen LogP contribution in [0.25, 0.3) is 0 Å². The van der Waals surface area contributed by atoms with Crippen molar-refractivity contribution in [2.75, 3.05) is 13.2 Å². The topological polar surface area (TPSA) is 78.9 Å². The molecule has 1 atom stereocenters. The lowest BCUT2D eigenvalue weighted by molar-refractivity contribution is -0.167. The predicted molar refractivity (Wildman–Crippen MR) is 302 cm³/mol. The molecular weight excluding hydrogens is 865 g/mol. The second-order valence-corrected chi connectivity index (χ2v) is 21.0. The molecule has 0 bridgehead atoms. The van der Waals surface area contributed by atoms with Gasteiger partial charge in [0.2, 0.25) is 0 Å². The third-order valence-corrected chi connectivity index (χ3v) is 13.9. The molecule has 1 unspecified atom stereocenters. The van der Waals surface area contributed by atoms with Gasteiger partial charge in [-0.2, -0.15) is 0 Å². The van der Waals surface area contributed by atoms with Crippen LogP contribution in [0.3, 0.4) is 0 Å². The first-order valence-corrected chi connectivity index (χ1v) is 31.0. The minimum absolute atomic E-state index is 0.0715. The Bertz CT molecular complexity index is 1170. The molecule has 0 aliphatic heterocycles. The maximum absolute atomic E-state index is 12.8. The van der Waals surface area contributed by atoms with Gasteiger partial charge in [-0.3, -0.25) is 14.4 Å². The molecule has 6 heteroatoms. The van der Waals surface area contributed by atoms with Crippen molar-refractivity contribution < 1.29 is 28.6 Å². The zero-order valence-corrected chi connectivity index (χ0v) is 47.1. The number of ether oxygens (including phenoxy) is 3. The Morgan fingerprint density at radius 2 is 0.557 bits per heavy atom. The highest BCUT2D eigenvalue weighted by atomic mass is 16.6. The van der Waals surface area contributed by atoms with Crippen LogP contribution in [-0.4, -0.2) is 37.2 Å². The van der Waals surface area contributed by atoms with Crippen LogP contribution in [0.2, 0.25) is 0 Å². The lowest BCUT2D eigenvalue weighted by Crippen LogP contribution is -2.30. The fourth-order valence-corrected chi connectivity index (χ4v) is 9.28. The molecule has 0 N–H and O–H groups in total. The number of unbranched alkanes of at least 4 members (excludes halogenated alkanes) is 40. The molecular formula is C64H118O6. The van der Waals surface area contributed by atoms with Crippen LogP contribution < -0.4 is 0 Å². The molecule has 0 saturated carbocycles. The van der Waals surface area contributed by atoms with Gasteiger partial charge in [0.05, 0.1) is 0 Å². The van der Waals surface area contributed by atoms with Gasteiger partial charge < -0.3 is 14.2 Å². The van der Waals surface area contributed by atoms with Crippen molar-refractivity contribution in [3.63, 3.8) is 0 Å². The Kier molecular flexibility index (Phi) is 57.2. The molecule has 0 rings (SSSR count). The van der Waals surface area contributed by atoms with Gasteiger partial charge >= 0.3 is 17.9 Å². The molecule has 0 aromatic rings. The smallest absolute Gasteiger partial charge is 0.306 e. The van der Waals surface area contributed by atoms with Crippen LogP contribution in [0.15, 0.2) is 36.5 Å². The van der Waals surface area contributed by atoms with E-state index >= 15 is 0 Å². The maximum Gasteiger partial charge on any atom is 0.306 e. The van der Waals surface area contributed by atoms with E-state index in [1.54, 1.807) is 0 Å². The highest BCUT2D eigenvalue weighted by Crippen LogP contribution is 2.18. The second kappa shape index (κ2) is 59.2. The Balaban J connectivity index is 4.13. The average Bonchev–Trinajstić information content (AvgIpc) is 3.36. The molecule has 0 amide bonds. The molecule has 0 aliphatic rings. The first-order chi connectivity index (χ1) is 34.5. The molecule has 0 spiro atoms. The molecule has 0 fully saturated rings. The summed E-state index contributed by atoms with van der Waals surface area (Å²) in [5.41, 5.74) is 0. The van der Waals surface area contributed by atoms with Crippen LogP contribution in [0.4, 0.5) is 0 Å². The summed E-state index contributed by atoms with van der Waals surface area (Å²) in [5.74, 6) is -0.865. The van der Waals surface area contributed by atoms with Gasteiger partial charge in [-0.15, -0.1) is 0 Å². The lowest BCUT2D eigenvalue weighted by Gasteiger charge is -2.18. The molecule has 0 saturated heterocycles. The molecule has 0 heterocycles. The zero-order valence-electron chi connectivity index (χ0n) is 47.1. The van der Waals surface area contributed by atoms with E-state index in [9.17, 15) is 14.4 Å². The summed E-state index contributed by atoms with van der Waals surface area (Å²) in [6, 6.07) is 0. The minimum Gasteiger partial charge on any atom is -0.462 e. The summed E-state index contributed by atoms with van der Waals surface area (Å²) in [5, 5.41) is 0. The van der Waals surface area contributed by atoms with Crippen molar-refractivity contribution in [2.45, 2.75) is 341 Å². The van der Waals surface area contributed by atoms with E-state index in [0.717, 1.165) is 83.5 Å². The Morgan fingerprint density at radius 3 is 0.871 bits per heavy atom. The highest BCUT2D eigenvalue weighted by Gasteiger charge is 2.19. The van der Waals surface area contributed by atoms with Crippen LogP contribution in [0.5, 0.6) is 0 Å². The lowest BCUT2D eigenvalue weighted by atomic mass is 10.0. The van der Waals surface area contributed by atoms with Gasteiger partial charge in [-0.1, -0.05) is 301 Å². The highest BCUT2D eigenvalue weighted by molar-refractivity contribution is 5.71. The summed E-state index contributed by atoms with van der Waals surface area (Å²) in [6.07, 6.45) is 71.7. The monoisotopic (exact) mass is 983 g/mol. The second-order valence-electron chi connectivity index (χ2n) is 21.0. The van der Waals surface area contributed by atoms with E-state index in [0.29, 0.717) is 19.3 Å². The van der Waals surface area contributed by atoms with Crippen molar-refractivity contribution in [3.05, 3.63) is 36.5 Å². The van der Waals surface area contributed by atoms with Crippen molar-refractivity contribution in [2.24, 2.45) is 0 Å². The standard InChI is InChI=1S/C64H118O6/c1-4-7-10-13-16-19-21-23-25-27-28-29-30-31-32-33-34-35-37-38-40-42-45-48-51-54-57-63(66)69-60-61(59-68-62(65)56-53-50-47-44-18-15-12-9-6-3)70-64(67)58-55-52-49-46-43-41-39-36-26-24-22-20-17-14-11-8-5-2/h8,11,17,20,24,26,61H,4-7,9-10,12-16,18-19,21-23,25,27-60H2,1-3H3/b11-8-,20-17-,26-24-. The number of esters is 3. The summed E-state index contributed by atoms with van der Waals surface area (Å²) in [4.78, 5) is 38.1. The van der Waals surface area contributed by atoms with Crippen LogP contribution in [0.1, 0.15) is 335 Å². The van der Waals surface area contributed by atoms with E-state index in [1.807, 2.05) is 0 Å². The summed E-state index contributed by atoms with van der Waals surface area (Å²) < 4.78 is 16.9. The van der Waals surface area contributed by atoms with Gasteiger partial charge in [-0.05, 0) is 51.4 Å². The Morgan fingerprint density at radius 1 is 0.300 bits per heavy atom. The SMILES string of the molecule is CC/C=C\C/C=C\C/C=C\CCCCCCCCCC(=O)OC(COC(=O)CCCCCCCCCCC)COC(=O)CCCCCCCCCCCCCCCCCCCCCCCCCCCC. The molecule has 410 valence electrons. The van der Waals surface area contributed by atoms with Crippen molar-refractivity contribution in [1.29, 1.82) is 0 Å². The van der Waals surface area contributed by atoms with Crippen molar-refractivity contribution in [3.8, 4) is 0 Å². The quantitative estimate of drug-likeness (QED) is 0.0261. The predicted octanol–water partition coefficient (Wildman–Crippen LogP) is 20.8. The van der Waals surface area contributed by atoms with Gasteiger partial charge in [0, 0.05) is 19.3 Å². The van der Waals surface area contributed by atoms with Crippen LogP contribution >= 0.6 is 0 Å². The third-order valence-electron chi connectivity index (χ3n) is 13.9. The van der Waals surface area contributed by atoms with E-state index in [-0.39, 0.29) is 31.1 Å². The Labute approximate surface area is 435 Å². The minimum atomic E-state index is -0.773.